The Kier molecular flexibility index (Phi) is 4.67. The van der Waals surface area contributed by atoms with Gasteiger partial charge in [0.1, 0.15) is 5.75 Å². The largest absolute Gasteiger partial charge is 0.482 e. The minimum Gasteiger partial charge on any atom is -0.482 e. The standard InChI is InChI=1S/C15H21N3O3/c1-10(2)17-15(20)16-7-6-11-4-5-13-12(8-11)18(3)14(19)9-21-13/h4-5,8,10H,6-7,9H2,1-3H3,(H2,16,17,20). The first-order valence-corrected chi connectivity index (χ1v) is 7.04. The lowest BCUT2D eigenvalue weighted by Crippen LogP contribution is -2.40. The van der Waals surface area contributed by atoms with E-state index in [2.05, 4.69) is 10.6 Å². The van der Waals surface area contributed by atoms with Gasteiger partial charge in [-0.1, -0.05) is 6.07 Å². The highest BCUT2D eigenvalue weighted by Crippen LogP contribution is 2.31. The number of anilines is 1. The lowest BCUT2D eigenvalue weighted by Gasteiger charge is -2.26. The average molecular weight is 291 g/mol. The summed E-state index contributed by atoms with van der Waals surface area (Å²) in [6.45, 7) is 4.45. The van der Waals surface area contributed by atoms with Gasteiger partial charge in [-0.05, 0) is 38.0 Å². The smallest absolute Gasteiger partial charge is 0.314 e. The molecule has 0 radical (unpaired) electrons. The molecule has 114 valence electrons. The molecule has 21 heavy (non-hydrogen) atoms. The summed E-state index contributed by atoms with van der Waals surface area (Å²) < 4.78 is 5.38. The van der Waals surface area contributed by atoms with Gasteiger partial charge in [-0.25, -0.2) is 4.79 Å². The summed E-state index contributed by atoms with van der Waals surface area (Å²) in [6.07, 6.45) is 0.695. The Balaban J connectivity index is 1.93. The van der Waals surface area contributed by atoms with Crippen molar-refractivity contribution in [2.75, 3.05) is 25.1 Å². The van der Waals surface area contributed by atoms with Crippen LogP contribution in [0, 0.1) is 0 Å². The minimum atomic E-state index is -0.168. The zero-order chi connectivity index (χ0) is 15.4. The molecule has 1 heterocycles. The number of nitrogens with zero attached hydrogens (tertiary/aromatic N) is 1. The minimum absolute atomic E-state index is 0.0610. The van der Waals surface area contributed by atoms with Crippen molar-refractivity contribution in [2.24, 2.45) is 0 Å². The molecule has 1 aromatic carbocycles. The first-order chi connectivity index (χ1) is 9.97. The summed E-state index contributed by atoms with van der Waals surface area (Å²) in [6, 6.07) is 5.69. The van der Waals surface area contributed by atoms with E-state index in [-0.39, 0.29) is 24.6 Å². The van der Waals surface area contributed by atoms with Crippen molar-refractivity contribution in [3.63, 3.8) is 0 Å². The van der Waals surface area contributed by atoms with Gasteiger partial charge in [0, 0.05) is 19.6 Å². The molecule has 1 aliphatic rings. The van der Waals surface area contributed by atoms with Crippen LogP contribution in [0.1, 0.15) is 19.4 Å². The summed E-state index contributed by atoms with van der Waals surface area (Å²) in [5.41, 5.74) is 1.82. The predicted octanol–water partition coefficient (Wildman–Crippen LogP) is 1.29. The Bertz CT molecular complexity index is 543. The number of carbonyl (C=O) groups is 2. The molecule has 0 unspecified atom stereocenters. The Morgan fingerprint density at radius 3 is 2.90 bits per heavy atom. The number of benzene rings is 1. The molecular weight excluding hydrogens is 270 g/mol. The number of hydrogen-bond acceptors (Lipinski definition) is 3. The number of carbonyl (C=O) groups excluding carboxylic acids is 2. The molecule has 2 rings (SSSR count). The average Bonchev–Trinajstić information content (AvgIpc) is 2.42. The highest BCUT2D eigenvalue weighted by Gasteiger charge is 2.22. The zero-order valence-electron chi connectivity index (χ0n) is 12.6. The fourth-order valence-corrected chi connectivity index (χ4v) is 2.11. The summed E-state index contributed by atoms with van der Waals surface area (Å²) in [7, 11) is 1.74. The summed E-state index contributed by atoms with van der Waals surface area (Å²) >= 11 is 0. The molecule has 0 bridgehead atoms. The topological polar surface area (TPSA) is 70.7 Å². The second-order valence-electron chi connectivity index (χ2n) is 5.35. The lowest BCUT2D eigenvalue weighted by atomic mass is 10.1. The summed E-state index contributed by atoms with van der Waals surface area (Å²) in [5.74, 6) is 0.653. The molecule has 1 aliphatic heterocycles. The van der Waals surface area contributed by atoms with Crippen LogP contribution in [-0.2, 0) is 11.2 Å². The van der Waals surface area contributed by atoms with E-state index >= 15 is 0 Å². The van der Waals surface area contributed by atoms with E-state index in [1.165, 1.54) is 0 Å². The molecule has 0 aliphatic carbocycles. The number of urea groups is 1. The number of nitrogens with one attached hydrogen (secondary N) is 2. The van der Waals surface area contributed by atoms with Crippen LogP contribution in [0.3, 0.4) is 0 Å². The first kappa shape index (κ1) is 15.2. The van der Waals surface area contributed by atoms with Crippen molar-refractivity contribution < 1.29 is 14.3 Å². The molecule has 6 nitrogen and oxygen atoms in total. The molecule has 3 amide bonds. The van der Waals surface area contributed by atoms with Crippen LogP contribution >= 0.6 is 0 Å². The SMILES string of the molecule is CC(C)NC(=O)NCCc1ccc2c(c1)N(C)C(=O)CO2. The normalized spacial score (nSPS) is 13.7. The number of likely N-dealkylation sites (N-methyl/N-ethyl adjacent to an activating group) is 1. The van der Waals surface area contributed by atoms with Crippen LogP contribution < -0.4 is 20.3 Å². The number of rotatable bonds is 4. The van der Waals surface area contributed by atoms with Gasteiger partial charge in [-0.15, -0.1) is 0 Å². The van der Waals surface area contributed by atoms with E-state index in [0.29, 0.717) is 18.7 Å². The molecular formula is C15H21N3O3. The zero-order valence-corrected chi connectivity index (χ0v) is 12.6. The third kappa shape index (κ3) is 3.87. The van der Waals surface area contributed by atoms with E-state index in [0.717, 1.165) is 11.3 Å². The Hall–Kier alpha value is -2.24. The number of ether oxygens (including phenoxy) is 1. The van der Waals surface area contributed by atoms with Crippen LogP contribution in [0.4, 0.5) is 10.5 Å². The van der Waals surface area contributed by atoms with Crippen molar-refractivity contribution in [1.82, 2.24) is 10.6 Å². The lowest BCUT2D eigenvalue weighted by molar-refractivity contribution is -0.120. The fraction of sp³-hybridized carbons (Fsp3) is 0.467. The number of hydrogen-bond donors (Lipinski definition) is 2. The third-order valence-corrected chi connectivity index (χ3v) is 3.23. The van der Waals surface area contributed by atoms with Crippen LogP contribution in [0.5, 0.6) is 5.75 Å². The van der Waals surface area contributed by atoms with E-state index in [9.17, 15) is 9.59 Å². The molecule has 6 heteroatoms. The van der Waals surface area contributed by atoms with Gasteiger partial charge in [-0.2, -0.15) is 0 Å². The number of amides is 3. The van der Waals surface area contributed by atoms with Crippen LogP contribution in [0.25, 0.3) is 0 Å². The van der Waals surface area contributed by atoms with E-state index in [1.54, 1.807) is 11.9 Å². The number of fused-ring (bicyclic) bond motifs is 1. The van der Waals surface area contributed by atoms with E-state index in [1.807, 2.05) is 32.0 Å². The third-order valence-electron chi connectivity index (χ3n) is 3.23. The van der Waals surface area contributed by atoms with Crippen molar-refractivity contribution in [1.29, 1.82) is 0 Å². The van der Waals surface area contributed by atoms with Gasteiger partial charge in [0.15, 0.2) is 6.61 Å². The predicted molar refractivity (Wildman–Crippen MR) is 80.7 cm³/mol. The Morgan fingerprint density at radius 1 is 1.43 bits per heavy atom. The van der Waals surface area contributed by atoms with Crippen molar-refractivity contribution >= 4 is 17.6 Å². The first-order valence-electron chi connectivity index (χ1n) is 7.04. The fourth-order valence-electron chi connectivity index (χ4n) is 2.11. The summed E-state index contributed by atoms with van der Waals surface area (Å²) in [5, 5.41) is 5.57. The van der Waals surface area contributed by atoms with Gasteiger partial charge < -0.3 is 20.3 Å². The van der Waals surface area contributed by atoms with Gasteiger partial charge in [0.25, 0.3) is 5.91 Å². The van der Waals surface area contributed by atoms with Gasteiger partial charge >= 0.3 is 6.03 Å². The molecule has 0 spiro atoms. The molecule has 2 N–H and O–H groups in total. The van der Waals surface area contributed by atoms with Crippen molar-refractivity contribution in [3.05, 3.63) is 23.8 Å². The molecule has 0 fully saturated rings. The van der Waals surface area contributed by atoms with Crippen LogP contribution in [-0.4, -0.2) is 38.2 Å². The molecule has 0 saturated carbocycles. The Morgan fingerprint density at radius 2 is 2.19 bits per heavy atom. The maximum atomic E-state index is 11.6. The molecule has 0 saturated heterocycles. The van der Waals surface area contributed by atoms with E-state index in [4.69, 9.17) is 4.74 Å². The van der Waals surface area contributed by atoms with Crippen LogP contribution in [0.2, 0.25) is 0 Å². The van der Waals surface area contributed by atoms with Gasteiger partial charge in [0.05, 0.1) is 5.69 Å². The highest BCUT2D eigenvalue weighted by atomic mass is 16.5. The highest BCUT2D eigenvalue weighted by molar-refractivity contribution is 5.97. The second kappa shape index (κ2) is 6.47. The second-order valence-corrected chi connectivity index (χ2v) is 5.35. The summed E-state index contributed by atoms with van der Waals surface area (Å²) in [4.78, 5) is 24.7. The van der Waals surface area contributed by atoms with Crippen molar-refractivity contribution in [3.8, 4) is 5.75 Å². The molecule has 1 aromatic rings. The van der Waals surface area contributed by atoms with E-state index < -0.39 is 0 Å². The molecule has 0 aromatic heterocycles. The van der Waals surface area contributed by atoms with Gasteiger partial charge in [0.2, 0.25) is 0 Å². The van der Waals surface area contributed by atoms with Gasteiger partial charge in [-0.3, -0.25) is 4.79 Å². The maximum absolute atomic E-state index is 11.6. The van der Waals surface area contributed by atoms with Crippen molar-refractivity contribution in [2.45, 2.75) is 26.3 Å². The Labute approximate surface area is 124 Å². The monoisotopic (exact) mass is 291 g/mol. The maximum Gasteiger partial charge on any atom is 0.314 e. The van der Waals surface area contributed by atoms with Crippen LogP contribution in [0.15, 0.2) is 18.2 Å². The quantitative estimate of drug-likeness (QED) is 0.878. The molecule has 0 atom stereocenters.